The molecule has 0 amide bonds. The number of aliphatic hydroxyl groups excluding tert-OH is 1. The molecule has 1 heterocycles. The first-order valence-electron chi connectivity index (χ1n) is 5.88. The molecule has 0 aliphatic rings. The summed E-state index contributed by atoms with van der Waals surface area (Å²) in [6, 6.07) is 3.95. The third-order valence-corrected chi connectivity index (χ3v) is 2.65. The van der Waals surface area contributed by atoms with Crippen LogP contribution in [0.15, 0.2) is 34.0 Å². The van der Waals surface area contributed by atoms with Crippen LogP contribution >= 0.6 is 0 Å². The summed E-state index contributed by atoms with van der Waals surface area (Å²) in [5.41, 5.74) is -1.31. The van der Waals surface area contributed by atoms with Crippen molar-refractivity contribution in [3.63, 3.8) is 0 Å². The fourth-order valence-electron chi connectivity index (χ4n) is 1.70. The lowest BCUT2D eigenvalue weighted by Gasteiger charge is -2.06. The molecule has 0 saturated heterocycles. The van der Waals surface area contributed by atoms with Crippen molar-refractivity contribution in [1.82, 2.24) is 9.55 Å². The number of aliphatic hydroxyl groups is 1. The van der Waals surface area contributed by atoms with E-state index in [9.17, 15) is 18.4 Å². The van der Waals surface area contributed by atoms with E-state index in [2.05, 4.69) is 11.8 Å². The van der Waals surface area contributed by atoms with Gasteiger partial charge in [-0.05, 0) is 17.7 Å². The fraction of sp³-hybridized carbons (Fsp3) is 0.143. The zero-order valence-electron chi connectivity index (χ0n) is 10.7. The van der Waals surface area contributed by atoms with Crippen molar-refractivity contribution in [2.75, 3.05) is 6.61 Å². The van der Waals surface area contributed by atoms with Crippen molar-refractivity contribution in [2.24, 2.45) is 0 Å². The van der Waals surface area contributed by atoms with Crippen molar-refractivity contribution >= 4 is 0 Å². The molecule has 0 aliphatic heterocycles. The second kappa shape index (κ2) is 6.15. The van der Waals surface area contributed by atoms with Gasteiger partial charge in [0.05, 0.1) is 18.3 Å². The lowest BCUT2D eigenvalue weighted by atomic mass is 10.1. The quantitative estimate of drug-likeness (QED) is 0.777. The number of rotatable bonds is 2. The first-order chi connectivity index (χ1) is 10.0. The maximum Gasteiger partial charge on any atom is 0.328 e. The number of aromatic amines is 1. The van der Waals surface area contributed by atoms with Gasteiger partial charge < -0.3 is 5.11 Å². The number of nitrogens with zero attached hydrogens (tertiary/aromatic N) is 1. The highest BCUT2D eigenvalue weighted by Gasteiger charge is 2.06. The van der Waals surface area contributed by atoms with E-state index in [0.717, 1.165) is 16.8 Å². The van der Waals surface area contributed by atoms with Gasteiger partial charge in [-0.1, -0.05) is 17.9 Å². The number of nitrogens with one attached hydrogen (secondary N) is 1. The van der Waals surface area contributed by atoms with Gasteiger partial charge in [0.2, 0.25) is 5.82 Å². The van der Waals surface area contributed by atoms with Crippen molar-refractivity contribution in [3.05, 3.63) is 68.0 Å². The van der Waals surface area contributed by atoms with Crippen molar-refractivity contribution in [2.45, 2.75) is 6.54 Å². The SMILES string of the molecule is O=c1[nH]c(=O)n(Cc2ccc(F)c(C#CCO)c2)cc1F. The third-order valence-electron chi connectivity index (χ3n) is 2.65. The van der Waals surface area contributed by atoms with E-state index in [1.165, 1.54) is 12.1 Å². The lowest BCUT2D eigenvalue weighted by molar-refractivity contribution is 0.350. The maximum absolute atomic E-state index is 13.5. The lowest BCUT2D eigenvalue weighted by Crippen LogP contribution is -2.31. The summed E-state index contributed by atoms with van der Waals surface area (Å²) in [6.45, 7) is -0.463. The fourth-order valence-corrected chi connectivity index (χ4v) is 1.70. The van der Waals surface area contributed by atoms with E-state index in [1.807, 2.05) is 4.98 Å². The standard InChI is InChI=1S/C14H10F2N2O3/c15-11-4-3-9(6-10(11)2-1-5-19)7-18-8-12(16)13(20)17-14(18)21/h3-4,6,8,19H,5,7H2,(H,17,20,21). The summed E-state index contributed by atoms with van der Waals surface area (Å²) in [5, 5.41) is 8.60. The van der Waals surface area contributed by atoms with Gasteiger partial charge in [-0.3, -0.25) is 14.3 Å². The Labute approximate surface area is 117 Å². The predicted octanol–water partition coefficient (Wildman–Crippen LogP) is 0.207. The van der Waals surface area contributed by atoms with Crippen LogP contribution < -0.4 is 11.2 Å². The van der Waals surface area contributed by atoms with Crippen LogP contribution in [0, 0.1) is 23.5 Å². The first kappa shape index (κ1) is 14.7. The molecule has 2 rings (SSSR count). The zero-order valence-corrected chi connectivity index (χ0v) is 10.7. The Morgan fingerprint density at radius 1 is 1.24 bits per heavy atom. The molecule has 7 heteroatoms. The number of H-pyrrole nitrogens is 1. The molecule has 1 aromatic carbocycles. The molecule has 2 aromatic rings. The Balaban J connectivity index is 2.39. The molecule has 0 aliphatic carbocycles. The number of aromatic nitrogens is 2. The van der Waals surface area contributed by atoms with Crippen molar-refractivity contribution < 1.29 is 13.9 Å². The zero-order chi connectivity index (χ0) is 15.4. The van der Waals surface area contributed by atoms with Crippen molar-refractivity contribution in [1.29, 1.82) is 0 Å². The van der Waals surface area contributed by atoms with Gasteiger partial charge in [0.1, 0.15) is 12.4 Å². The molecule has 0 spiro atoms. The summed E-state index contributed by atoms with van der Waals surface area (Å²) in [6.07, 6.45) is 0.781. The summed E-state index contributed by atoms with van der Waals surface area (Å²) in [5.74, 6) is 3.09. The van der Waals surface area contributed by atoms with E-state index in [-0.39, 0.29) is 12.1 Å². The summed E-state index contributed by atoms with van der Waals surface area (Å²) in [7, 11) is 0. The Bertz CT molecular complexity index is 844. The van der Waals surface area contributed by atoms with E-state index in [4.69, 9.17) is 5.11 Å². The normalized spacial score (nSPS) is 10.0. The van der Waals surface area contributed by atoms with Crippen LogP contribution in [0.1, 0.15) is 11.1 Å². The van der Waals surface area contributed by atoms with Gasteiger partial charge in [0.15, 0.2) is 0 Å². The summed E-state index contributed by atoms with van der Waals surface area (Å²) >= 11 is 0. The average molecular weight is 292 g/mol. The number of halogens is 2. The molecule has 21 heavy (non-hydrogen) atoms. The van der Waals surface area contributed by atoms with Gasteiger partial charge in [-0.25, -0.2) is 9.18 Å². The molecule has 0 atom stereocenters. The molecule has 0 radical (unpaired) electrons. The third kappa shape index (κ3) is 3.43. The predicted molar refractivity (Wildman–Crippen MR) is 70.7 cm³/mol. The van der Waals surface area contributed by atoms with Crippen molar-refractivity contribution in [3.8, 4) is 11.8 Å². The van der Waals surface area contributed by atoms with Gasteiger partial charge in [-0.15, -0.1) is 0 Å². The second-order valence-electron chi connectivity index (χ2n) is 4.14. The molecule has 1 aromatic heterocycles. The second-order valence-corrected chi connectivity index (χ2v) is 4.14. The van der Waals surface area contributed by atoms with Crippen LogP contribution in [0.5, 0.6) is 0 Å². The molecule has 0 saturated carbocycles. The van der Waals surface area contributed by atoms with Gasteiger partial charge in [0, 0.05) is 0 Å². The molecule has 5 nitrogen and oxygen atoms in total. The van der Waals surface area contributed by atoms with E-state index < -0.39 is 29.5 Å². The topological polar surface area (TPSA) is 75.1 Å². The largest absolute Gasteiger partial charge is 0.384 e. The van der Waals surface area contributed by atoms with Crippen LogP contribution in [0.25, 0.3) is 0 Å². The molecule has 2 N–H and O–H groups in total. The molecule has 108 valence electrons. The van der Waals surface area contributed by atoms with Crippen LogP contribution in [0.2, 0.25) is 0 Å². The van der Waals surface area contributed by atoms with E-state index in [0.29, 0.717) is 5.56 Å². The smallest absolute Gasteiger partial charge is 0.328 e. The minimum Gasteiger partial charge on any atom is -0.384 e. The number of hydrogen-bond acceptors (Lipinski definition) is 3. The Kier molecular flexibility index (Phi) is 4.30. The van der Waals surface area contributed by atoms with Crippen LogP contribution in [-0.4, -0.2) is 21.3 Å². The highest BCUT2D eigenvalue weighted by molar-refractivity contribution is 5.38. The van der Waals surface area contributed by atoms with Crippen LogP contribution in [-0.2, 0) is 6.54 Å². The molecule has 0 unspecified atom stereocenters. The minimum absolute atomic E-state index is 0.0549. The minimum atomic E-state index is -1.09. The van der Waals surface area contributed by atoms with Gasteiger partial charge >= 0.3 is 5.69 Å². The summed E-state index contributed by atoms with van der Waals surface area (Å²) in [4.78, 5) is 24.3. The molecule has 0 fully saturated rings. The summed E-state index contributed by atoms with van der Waals surface area (Å²) < 4.78 is 27.6. The molecule has 0 bridgehead atoms. The first-order valence-corrected chi connectivity index (χ1v) is 5.88. The molecular formula is C14H10F2N2O3. The van der Waals surface area contributed by atoms with Gasteiger partial charge in [-0.2, -0.15) is 4.39 Å². The van der Waals surface area contributed by atoms with Gasteiger partial charge in [0.25, 0.3) is 5.56 Å². The van der Waals surface area contributed by atoms with Crippen LogP contribution in [0.3, 0.4) is 0 Å². The Morgan fingerprint density at radius 2 is 2.00 bits per heavy atom. The average Bonchev–Trinajstić information content (AvgIpc) is 2.45. The Hall–Kier alpha value is -2.72. The van der Waals surface area contributed by atoms with E-state index in [1.54, 1.807) is 0 Å². The number of benzene rings is 1. The Morgan fingerprint density at radius 3 is 2.71 bits per heavy atom. The highest BCUT2D eigenvalue weighted by atomic mass is 19.1. The van der Waals surface area contributed by atoms with Crippen LogP contribution in [0.4, 0.5) is 8.78 Å². The monoisotopic (exact) mass is 292 g/mol. The highest BCUT2D eigenvalue weighted by Crippen LogP contribution is 2.10. The number of hydrogen-bond donors (Lipinski definition) is 2. The molecular weight excluding hydrogens is 282 g/mol. The maximum atomic E-state index is 13.5. The van der Waals surface area contributed by atoms with E-state index >= 15 is 0 Å².